The summed E-state index contributed by atoms with van der Waals surface area (Å²) in [4.78, 5) is 9.06. The van der Waals surface area contributed by atoms with E-state index >= 15 is 0 Å². The van der Waals surface area contributed by atoms with Crippen LogP contribution in [0.4, 0.5) is 5.82 Å². The van der Waals surface area contributed by atoms with E-state index in [4.69, 9.17) is 15.2 Å². The van der Waals surface area contributed by atoms with Crippen molar-refractivity contribution in [2.75, 3.05) is 25.6 Å². The molecule has 1 atom stereocenters. The van der Waals surface area contributed by atoms with Crippen LogP contribution in [0, 0.1) is 0 Å². The molecule has 17 heavy (non-hydrogen) atoms. The summed E-state index contributed by atoms with van der Waals surface area (Å²) in [7, 11) is 0. The Labute approximate surface area is 100 Å². The Balaban J connectivity index is 1.92. The van der Waals surface area contributed by atoms with Crippen molar-refractivity contribution < 1.29 is 9.47 Å². The summed E-state index contributed by atoms with van der Waals surface area (Å²) >= 11 is 0. The van der Waals surface area contributed by atoms with Crippen LogP contribution in [0.15, 0.2) is 0 Å². The maximum absolute atomic E-state index is 5.98. The molecule has 0 saturated carbocycles. The molecule has 92 valence electrons. The molecule has 1 aromatic heterocycles. The highest BCUT2D eigenvalue weighted by atomic mass is 16.5. The molecule has 3 heterocycles. The summed E-state index contributed by atoms with van der Waals surface area (Å²) in [6.45, 7) is 2.84. The summed E-state index contributed by atoms with van der Waals surface area (Å²) in [5.74, 6) is 1.73. The second kappa shape index (κ2) is 4.58. The molecule has 2 aliphatic rings. The minimum Gasteiger partial charge on any atom is -0.383 e. The van der Waals surface area contributed by atoms with Crippen LogP contribution >= 0.6 is 0 Å². The van der Waals surface area contributed by atoms with Gasteiger partial charge in [0.15, 0.2) is 0 Å². The maximum atomic E-state index is 5.98. The Kier molecular flexibility index (Phi) is 2.94. The van der Waals surface area contributed by atoms with Crippen LogP contribution in [0.3, 0.4) is 0 Å². The lowest BCUT2D eigenvalue weighted by atomic mass is 10.0. The van der Waals surface area contributed by atoms with Crippen molar-refractivity contribution in [3.05, 3.63) is 17.1 Å². The highest BCUT2D eigenvalue weighted by Gasteiger charge is 2.23. The summed E-state index contributed by atoms with van der Waals surface area (Å²) < 4.78 is 10.9. The standard InChI is InChI=1S/C12H17N3O2/c13-11-9-7-17-5-3-10(9)14-12(15-11)8-2-1-4-16-6-8/h8H,1-7H2,(H2,13,14,15). The van der Waals surface area contributed by atoms with Crippen molar-refractivity contribution in [2.45, 2.75) is 31.8 Å². The Bertz CT molecular complexity index is 416. The maximum Gasteiger partial charge on any atom is 0.136 e. The van der Waals surface area contributed by atoms with E-state index in [-0.39, 0.29) is 0 Å². The first kappa shape index (κ1) is 10.9. The van der Waals surface area contributed by atoms with E-state index in [1.165, 1.54) is 0 Å². The predicted molar refractivity (Wildman–Crippen MR) is 62.6 cm³/mol. The quantitative estimate of drug-likeness (QED) is 0.787. The van der Waals surface area contributed by atoms with E-state index in [1.807, 2.05) is 0 Å². The van der Waals surface area contributed by atoms with Gasteiger partial charge in [-0.25, -0.2) is 9.97 Å². The van der Waals surface area contributed by atoms with Gasteiger partial charge in [0.05, 0.1) is 25.5 Å². The Morgan fingerprint density at radius 3 is 2.94 bits per heavy atom. The molecule has 5 nitrogen and oxygen atoms in total. The molecular formula is C12H17N3O2. The third kappa shape index (κ3) is 2.12. The van der Waals surface area contributed by atoms with E-state index in [2.05, 4.69) is 9.97 Å². The van der Waals surface area contributed by atoms with Crippen molar-refractivity contribution in [1.82, 2.24) is 9.97 Å². The van der Waals surface area contributed by atoms with Gasteiger partial charge < -0.3 is 15.2 Å². The number of fused-ring (bicyclic) bond motifs is 1. The van der Waals surface area contributed by atoms with Gasteiger partial charge in [-0.1, -0.05) is 0 Å². The van der Waals surface area contributed by atoms with Crippen LogP contribution in [0.25, 0.3) is 0 Å². The molecule has 0 amide bonds. The number of hydrogen-bond acceptors (Lipinski definition) is 5. The Morgan fingerprint density at radius 2 is 2.12 bits per heavy atom. The molecule has 2 aliphatic heterocycles. The number of nitrogens with two attached hydrogens (primary N) is 1. The first-order valence-corrected chi connectivity index (χ1v) is 6.15. The van der Waals surface area contributed by atoms with Crippen LogP contribution < -0.4 is 5.73 Å². The van der Waals surface area contributed by atoms with Crippen molar-refractivity contribution in [3.63, 3.8) is 0 Å². The number of nitrogen functional groups attached to an aromatic ring is 1. The van der Waals surface area contributed by atoms with Crippen LogP contribution in [0.5, 0.6) is 0 Å². The van der Waals surface area contributed by atoms with Gasteiger partial charge in [0, 0.05) is 24.5 Å². The fraction of sp³-hybridized carbons (Fsp3) is 0.667. The fourth-order valence-corrected chi connectivity index (χ4v) is 2.40. The number of rotatable bonds is 1. The molecule has 1 saturated heterocycles. The molecule has 0 radical (unpaired) electrons. The summed E-state index contributed by atoms with van der Waals surface area (Å²) in [5.41, 5.74) is 8.01. The normalized spacial score (nSPS) is 24.4. The monoisotopic (exact) mass is 235 g/mol. The minimum atomic E-state index is 0.305. The number of anilines is 1. The summed E-state index contributed by atoms with van der Waals surface area (Å²) in [6.07, 6.45) is 3.01. The number of ether oxygens (including phenoxy) is 2. The zero-order valence-electron chi connectivity index (χ0n) is 9.82. The van der Waals surface area contributed by atoms with E-state index in [1.54, 1.807) is 0 Å². The second-order valence-corrected chi connectivity index (χ2v) is 4.61. The van der Waals surface area contributed by atoms with E-state index in [9.17, 15) is 0 Å². The lowest BCUT2D eigenvalue weighted by molar-refractivity contribution is 0.0774. The van der Waals surface area contributed by atoms with E-state index < -0.39 is 0 Å². The van der Waals surface area contributed by atoms with Gasteiger partial charge in [0.2, 0.25) is 0 Å². The number of nitrogens with zero attached hydrogens (tertiary/aromatic N) is 2. The van der Waals surface area contributed by atoms with E-state index in [0.717, 1.165) is 49.6 Å². The van der Waals surface area contributed by atoms with Crippen molar-refractivity contribution in [1.29, 1.82) is 0 Å². The zero-order valence-corrected chi connectivity index (χ0v) is 9.82. The minimum absolute atomic E-state index is 0.305. The number of aromatic nitrogens is 2. The molecular weight excluding hydrogens is 218 g/mol. The highest BCUT2D eigenvalue weighted by molar-refractivity contribution is 5.43. The molecule has 0 spiro atoms. The first-order valence-electron chi connectivity index (χ1n) is 6.15. The highest BCUT2D eigenvalue weighted by Crippen LogP contribution is 2.26. The average Bonchev–Trinajstić information content (AvgIpc) is 2.40. The van der Waals surface area contributed by atoms with Crippen molar-refractivity contribution in [3.8, 4) is 0 Å². The summed E-state index contributed by atoms with van der Waals surface area (Å²) in [5, 5.41) is 0. The van der Waals surface area contributed by atoms with Crippen molar-refractivity contribution >= 4 is 5.82 Å². The zero-order chi connectivity index (χ0) is 11.7. The van der Waals surface area contributed by atoms with Gasteiger partial charge >= 0.3 is 0 Å². The Hall–Kier alpha value is -1.20. The largest absolute Gasteiger partial charge is 0.383 e. The van der Waals surface area contributed by atoms with E-state index in [0.29, 0.717) is 24.9 Å². The molecule has 1 fully saturated rings. The molecule has 0 aliphatic carbocycles. The first-order chi connectivity index (χ1) is 8.34. The van der Waals surface area contributed by atoms with Gasteiger partial charge in [0.25, 0.3) is 0 Å². The third-order valence-corrected chi connectivity index (χ3v) is 3.40. The fourth-order valence-electron chi connectivity index (χ4n) is 2.40. The van der Waals surface area contributed by atoms with Gasteiger partial charge in [-0.05, 0) is 12.8 Å². The topological polar surface area (TPSA) is 70.3 Å². The lowest BCUT2D eigenvalue weighted by Crippen LogP contribution is -2.22. The van der Waals surface area contributed by atoms with Crippen molar-refractivity contribution in [2.24, 2.45) is 0 Å². The van der Waals surface area contributed by atoms with Crippen LogP contribution in [0.1, 0.15) is 35.8 Å². The second-order valence-electron chi connectivity index (χ2n) is 4.61. The van der Waals surface area contributed by atoms with Crippen LogP contribution in [-0.2, 0) is 22.5 Å². The molecule has 1 aromatic rings. The van der Waals surface area contributed by atoms with Gasteiger partial charge in [-0.3, -0.25) is 0 Å². The SMILES string of the molecule is Nc1nc(C2CCCOC2)nc2c1COCC2. The predicted octanol–water partition coefficient (Wildman–Crippen LogP) is 1.03. The molecule has 0 bridgehead atoms. The molecule has 1 unspecified atom stereocenters. The summed E-state index contributed by atoms with van der Waals surface area (Å²) in [6, 6.07) is 0. The van der Waals surface area contributed by atoms with Gasteiger partial charge in [-0.15, -0.1) is 0 Å². The molecule has 5 heteroatoms. The van der Waals surface area contributed by atoms with Gasteiger partial charge in [-0.2, -0.15) is 0 Å². The average molecular weight is 235 g/mol. The third-order valence-electron chi connectivity index (χ3n) is 3.40. The molecule has 0 aromatic carbocycles. The lowest BCUT2D eigenvalue weighted by Gasteiger charge is -2.23. The molecule has 3 rings (SSSR count). The van der Waals surface area contributed by atoms with Crippen LogP contribution in [-0.4, -0.2) is 29.8 Å². The van der Waals surface area contributed by atoms with Crippen LogP contribution in [0.2, 0.25) is 0 Å². The van der Waals surface area contributed by atoms with Gasteiger partial charge in [0.1, 0.15) is 11.6 Å². The molecule has 2 N–H and O–H groups in total. The Morgan fingerprint density at radius 1 is 1.18 bits per heavy atom. The smallest absolute Gasteiger partial charge is 0.136 e. The number of hydrogen-bond donors (Lipinski definition) is 1.